The van der Waals surface area contributed by atoms with Gasteiger partial charge >= 0.3 is 0 Å². The molecule has 0 N–H and O–H groups in total. The zero-order valence-electron chi connectivity index (χ0n) is 11.8. The van der Waals surface area contributed by atoms with E-state index in [-0.39, 0.29) is 0 Å². The molecule has 0 radical (unpaired) electrons. The molecule has 0 heterocycles. The van der Waals surface area contributed by atoms with Crippen LogP contribution in [0.25, 0.3) is 0 Å². The van der Waals surface area contributed by atoms with Gasteiger partial charge < -0.3 is 0 Å². The van der Waals surface area contributed by atoms with E-state index in [9.17, 15) is 0 Å². The predicted molar refractivity (Wildman–Crippen MR) is 71.4 cm³/mol. The first-order valence-electron chi connectivity index (χ1n) is 7.05. The van der Waals surface area contributed by atoms with Gasteiger partial charge in [-0.2, -0.15) is 0 Å². The molecule has 2 aliphatic rings. The summed E-state index contributed by atoms with van der Waals surface area (Å²) >= 11 is 0. The average Bonchev–Trinajstić information content (AvgIpc) is 2.41. The summed E-state index contributed by atoms with van der Waals surface area (Å²) in [7, 11) is 0. The quantitative estimate of drug-likeness (QED) is 0.533. The lowest BCUT2D eigenvalue weighted by molar-refractivity contribution is 0.0425. The summed E-state index contributed by atoms with van der Waals surface area (Å²) in [6.45, 7) is 12.3. The molecule has 16 heavy (non-hydrogen) atoms. The minimum absolute atomic E-state index is 0.569. The van der Waals surface area contributed by atoms with E-state index < -0.39 is 0 Å². The third-order valence-corrected chi connectivity index (χ3v) is 5.95. The fourth-order valence-corrected chi connectivity index (χ4v) is 4.38. The van der Waals surface area contributed by atoms with E-state index in [1.807, 2.05) is 0 Å². The number of fused-ring (bicyclic) bond motifs is 1. The van der Waals surface area contributed by atoms with Gasteiger partial charge in [-0.25, -0.2) is 0 Å². The first-order valence-corrected chi connectivity index (χ1v) is 7.05. The fraction of sp³-hybridized carbons (Fsp3) is 0.875. The molecule has 0 aliphatic heterocycles. The molecule has 0 heteroatoms. The molecule has 1 saturated carbocycles. The molecule has 0 bridgehead atoms. The zero-order chi connectivity index (χ0) is 12.0. The lowest BCUT2D eigenvalue weighted by Crippen LogP contribution is -2.38. The Balaban J connectivity index is 2.32. The lowest BCUT2D eigenvalue weighted by Gasteiger charge is -2.45. The maximum Gasteiger partial charge on any atom is -0.0234 e. The maximum atomic E-state index is 2.58. The Labute approximate surface area is 102 Å². The monoisotopic (exact) mass is 220 g/mol. The molecule has 92 valence electrons. The van der Waals surface area contributed by atoms with E-state index in [2.05, 4.69) is 40.7 Å². The molecule has 0 spiro atoms. The number of hydrogen-bond donors (Lipinski definition) is 0. The van der Waals surface area contributed by atoms with Gasteiger partial charge in [-0.05, 0) is 61.7 Å². The maximum absolute atomic E-state index is 2.58. The van der Waals surface area contributed by atoms with Crippen LogP contribution in [0.1, 0.15) is 66.7 Å². The summed E-state index contributed by atoms with van der Waals surface area (Å²) in [6.07, 6.45) is 9.48. The van der Waals surface area contributed by atoms with Crippen molar-refractivity contribution >= 4 is 0 Å². The Kier molecular flexibility index (Phi) is 2.97. The second kappa shape index (κ2) is 3.89. The first kappa shape index (κ1) is 12.2. The van der Waals surface area contributed by atoms with Crippen LogP contribution in [0.15, 0.2) is 11.6 Å². The van der Waals surface area contributed by atoms with Gasteiger partial charge in [0.2, 0.25) is 0 Å². The van der Waals surface area contributed by atoms with Gasteiger partial charge in [-0.1, -0.05) is 39.3 Å². The van der Waals surface area contributed by atoms with E-state index in [4.69, 9.17) is 0 Å². The van der Waals surface area contributed by atoms with Crippen LogP contribution in [0.5, 0.6) is 0 Å². The normalized spacial score (nSPS) is 44.1. The van der Waals surface area contributed by atoms with Crippen molar-refractivity contribution in [2.75, 3.05) is 0 Å². The molecule has 2 aliphatic carbocycles. The van der Waals surface area contributed by atoms with Crippen molar-refractivity contribution < 1.29 is 0 Å². The molecule has 1 fully saturated rings. The Morgan fingerprint density at radius 1 is 1.25 bits per heavy atom. The molecule has 3 atom stereocenters. The second-order valence-electron chi connectivity index (χ2n) is 7.12. The summed E-state index contributed by atoms with van der Waals surface area (Å²) in [4.78, 5) is 0. The van der Waals surface area contributed by atoms with Gasteiger partial charge in [0.25, 0.3) is 0 Å². The molecule has 0 aromatic rings. The summed E-state index contributed by atoms with van der Waals surface area (Å²) in [5, 5.41) is 0. The van der Waals surface area contributed by atoms with Crippen LogP contribution in [-0.4, -0.2) is 0 Å². The average molecular weight is 220 g/mol. The standard InChI is InChI=1S/C16H28/c1-12(2)14-8-10-15(4)9-6-13(3)7-11-16(14,15)5/h6,12,14H,7-11H2,1-5H3/t14-,15+,16-/m1/s1. The Morgan fingerprint density at radius 3 is 2.56 bits per heavy atom. The number of rotatable bonds is 1. The third-order valence-electron chi connectivity index (χ3n) is 5.95. The molecule has 0 aromatic carbocycles. The molecule has 2 rings (SSSR count). The van der Waals surface area contributed by atoms with Gasteiger partial charge in [0.15, 0.2) is 0 Å². The van der Waals surface area contributed by atoms with Gasteiger partial charge in [0.1, 0.15) is 0 Å². The highest BCUT2D eigenvalue weighted by Gasteiger charge is 2.54. The van der Waals surface area contributed by atoms with Crippen molar-refractivity contribution in [1.82, 2.24) is 0 Å². The second-order valence-corrected chi connectivity index (χ2v) is 7.12. The molecule has 0 unspecified atom stereocenters. The number of hydrogen-bond acceptors (Lipinski definition) is 0. The Morgan fingerprint density at radius 2 is 1.94 bits per heavy atom. The minimum atomic E-state index is 0.569. The highest BCUT2D eigenvalue weighted by Crippen LogP contribution is 2.63. The summed E-state index contributed by atoms with van der Waals surface area (Å²) in [5.74, 6) is 1.79. The van der Waals surface area contributed by atoms with Crippen molar-refractivity contribution in [3.05, 3.63) is 11.6 Å². The highest BCUT2D eigenvalue weighted by atomic mass is 14.6. The topological polar surface area (TPSA) is 0 Å². The summed E-state index contributed by atoms with van der Waals surface area (Å²) in [5.41, 5.74) is 2.77. The molecular weight excluding hydrogens is 192 g/mol. The van der Waals surface area contributed by atoms with E-state index in [1.54, 1.807) is 5.57 Å². The first-order chi connectivity index (χ1) is 7.39. The molecule has 0 saturated heterocycles. The Bertz CT molecular complexity index is 299. The van der Waals surface area contributed by atoms with Crippen molar-refractivity contribution in [3.8, 4) is 0 Å². The van der Waals surface area contributed by atoms with Crippen molar-refractivity contribution in [1.29, 1.82) is 0 Å². The van der Waals surface area contributed by atoms with Crippen LogP contribution in [0.3, 0.4) is 0 Å². The highest BCUT2D eigenvalue weighted by molar-refractivity contribution is 5.13. The van der Waals surface area contributed by atoms with Gasteiger partial charge in [-0.15, -0.1) is 0 Å². The summed E-state index contributed by atoms with van der Waals surface area (Å²) < 4.78 is 0. The van der Waals surface area contributed by atoms with Crippen LogP contribution in [-0.2, 0) is 0 Å². The van der Waals surface area contributed by atoms with Gasteiger partial charge in [0, 0.05) is 0 Å². The summed E-state index contributed by atoms with van der Waals surface area (Å²) in [6, 6.07) is 0. The van der Waals surface area contributed by atoms with Crippen molar-refractivity contribution in [2.24, 2.45) is 22.7 Å². The minimum Gasteiger partial charge on any atom is -0.0850 e. The fourth-order valence-electron chi connectivity index (χ4n) is 4.38. The zero-order valence-corrected chi connectivity index (χ0v) is 11.8. The molecule has 0 nitrogen and oxygen atoms in total. The van der Waals surface area contributed by atoms with Gasteiger partial charge in [0.05, 0.1) is 0 Å². The smallest absolute Gasteiger partial charge is 0.0234 e. The van der Waals surface area contributed by atoms with Crippen molar-refractivity contribution in [2.45, 2.75) is 66.7 Å². The van der Waals surface area contributed by atoms with Crippen LogP contribution in [0.2, 0.25) is 0 Å². The van der Waals surface area contributed by atoms with Crippen LogP contribution in [0.4, 0.5) is 0 Å². The lowest BCUT2D eigenvalue weighted by atomic mass is 9.59. The predicted octanol–water partition coefficient (Wildman–Crippen LogP) is 5.20. The van der Waals surface area contributed by atoms with Crippen LogP contribution < -0.4 is 0 Å². The number of allylic oxidation sites excluding steroid dienone is 2. The molecule has 0 aromatic heterocycles. The molecule has 0 amide bonds. The van der Waals surface area contributed by atoms with E-state index >= 15 is 0 Å². The Hall–Kier alpha value is -0.260. The van der Waals surface area contributed by atoms with E-state index in [1.165, 1.54) is 32.1 Å². The van der Waals surface area contributed by atoms with E-state index in [0.717, 1.165) is 11.8 Å². The van der Waals surface area contributed by atoms with Crippen molar-refractivity contribution in [3.63, 3.8) is 0 Å². The van der Waals surface area contributed by atoms with E-state index in [0.29, 0.717) is 10.8 Å². The third kappa shape index (κ3) is 1.65. The van der Waals surface area contributed by atoms with Gasteiger partial charge in [-0.3, -0.25) is 0 Å². The van der Waals surface area contributed by atoms with Crippen LogP contribution in [0, 0.1) is 22.7 Å². The largest absolute Gasteiger partial charge is 0.0850 e. The van der Waals surface area contributed by atoms with Crippen LogP contribution >= 0.6 is 0 Å². The molecular formula is C16H28. The SMILES string of the molecule is CC1=CC[C@@]2(C)CC[C@H](C(C)C)[C@@]2(C)CC1.